The Morgan fingerprint density at radius 1 is 0.963 bits per heavy atom. The van der Waals surface area contributed by atoms with Gasteiger partial charge < -0.3 is 4.74 Å². The molecule has 134 valence electrons. The van der Waals surface area contributed by atoms with Crippen LogP contribution in [0.5, 0.6) is 0 Å². The molecule has 2 amide bonds. The van der Waals surface area contributed by atoms with Gasteiger partial charge in [0.2, 0.25) is 0 Å². The molecule has 0 radical (unpaired) electrons. The van der Waals surface area contributed by atoms with Gasteiger partial charge in [-0.25, -0.2) is 4.79 Å². The van der Waals surface area contributed by atoms with Crippen LogP contribution < -0.4 is 5.32 Å². The van der Waals surface area contributed by atoms with Crippen molar-refractivity contribution in [1.82, 2.24) is 10.3 Å². The molecule has 3 rings (SSSR count). The Labute approximate surface area is 155 Å². The number of aromatic nitrogens is 1. The van der Waals surface area contributed by atoms with Crippen molar-refractivity contribution in [2.24, 2.45) is 0 Å². The number of nitrogens with one attached hydrogen (secondary N) is 1. The number of carbonyl (C=O) groups excluding carboxylic acids is 3. The number of pyridine rings is 1. The van der Waals surface area contributed by atoms with Crippen molar-refractivity contribution < 1.29 is 19.1 Å². The van der Waals surface area contributed by atoms with Gasteiger partial charge in [-0.05, 0) is 24.3 Å². The maximum atomic E-state index is 11.8. The monoisotopic (exact) mass is 360 g/mol. The van der Waals surface area contributed by atoms with E-state index < -0.39 is 24.4 Å². The van der Waals surface area contributed by atoms with Crippen LogP contribution in [0, 0.1) is 0 Å². The number of hydrogen-bond acceptors (Lipinski definition) is 5. The van der Waals surface area contributed by atoms with E-state index in [1.807, 2.05) is 30.3 Å². The molecule has 1 N–H and O–H groups in total. The first-order valence-corrected chi connectivity index (χ1v) is 8.21. The van der Waals surface area contributed by atoms with Crippen LogP contribution in [-0.4, -0.2) is 29.4 Å². The maximum Gasteiger partial charge on any atom is 0.331 e. The number of imide groups is 1. The summed E-state index contributed by atoms with van der Waals surface area (Å²) < 4.78 is 4.86. The average Bonchev–Trinajstić information content (AvgIpc) is 2.71. The highest BCUT2D eigenvalue weighted by Crippen LogP contribution is 2.17. The number of benzene rings is 2. The van der Waals surface area contributed by atoms with Gasteiger partial charge >= 0.3 is 5.97 Å². The van der Waals surface area contributed by atoms with E-state index in [2.05, 4.69) is 10.3 Å². The smallest absolute Gasteiger partial charge is 0.331 e. The first-order valence-electron chi connectivity index (χ1n) is 8.21. The zero-order valence-corrected chi connectivity index (χ0v) is 14.3. The van der Waals surface area contributed by atoms with Gasteiger partial charge in [-0.2, -0.15) is 0 Å². The molecule has 0 bridgehead atoms. The number of carbonyl (C=O) groups is 3. The molecule has 1 heterocycles. The van der Waals surface area contributed by atoms with Gasteiger partial charge in [-0.1, -0.05) is 42.5 Å². The van der Waals surface area contributed by atoms with Crippen LogP contribution in [0.15, 0.2) is 72.9 Å². The molecule has 6 nitrogen and oxygen atoms in total. The number of amides is 2. The number of fused-ring (bicyclic) bond motifs is 1. The minimum Gasteiger partial charge on any atom is -0.452 e. The fourth-order valence-corrected chi connectivity index (χ4v) is 2.43. The van der Waals surface area contributed by atoms with Gasteiger partial charge in [0.15, 0.2) is 6.61 Å². The molecule has 0 saturated heterocycles. The normalized spacial score (nSPS) is 10.7. The van der Waals surface area contributed by atoms with Crippen LogP contribution in [0.2, 0.25) is 0 Å². The SMILES string of the molecule is O=C(COC(=O)/C=C/c1cccc2cccnc12)NC(=O)c1ccccc1. The van der Waals surface area contributed by atoms with Gasteiger partial charge in [0.25, 0.3) is 11.8 Å². The van der Waals surface area contributed by atoms with E-state index in [0.29, 0.717) is 5.56 Å². The van der Waals surface area contributed by atoms with Crippen LogP contribution in [-0.2, 0) is 14.3 Å². The summed E-state index contributed by atoms with van der Waals surface area (Å²) in [5.41, 5.74) is 1.87. The molecule has 2 aromatic carbocycles. The largest absolute Gasteiger partial charge is 0.452 e. The van der Waals surface area contributed by atoms with Crippen molar-refractivity contribution in [3.05, 3.63) is 84.1 Å². The van der Waals surface area contributed by atoms with Crippen molar-refractivity contribution in [1.29, 1.82) is 0 Å². The Kier molecular flexibility index (Phi) is 5.69. The van der Waals surface area contributed by atoms with Crippen molar-refractivity contribution in [2.45, 2.75) is 0 Å². The third-order valence-electron chi connectivity index (χ3n) is 3.70. The second-order valence-corrected chi connectivity index (χ2v) is 5.61. The highest BCUT2D eigenvalue weighted by Gasteiger charge is 2.11. The lowest BCUT2D eigenvalue weighted by Gasteiger charge is -2.04. The Morgan fingerprint density at radius 2 is 1.74 bits per heavy atom. The van der Waals surface area contributed by atoms with Gasteiger partial charge in [0, 0.05) is 28.8 Å². The van der Waals surface area contributed by atoms with E-state index in [-0.39, 0.29) is 0 Å². The standard InChI is InChI=1S/C21H16N2O4/c24-18(23-21(26)17-6-2-1-3-7-17)14-27-19(25)12-11-16-9-4-8-15-10-5-13-22-20(15)16/h1-13H,14H2,(H,23,24,26)/b12-11+. The summed E-state index contributed by atoms with van der Waals surface area (Å²) in [6.45, 7) is -0.546. The summed E-state index contributed by atoms with van der Waals surface area (Å²) in [7, 11) is 0. The first-order chi connectivity index (χ1) is 13.1. The van der Waals surface area contributed by atoms with Crippen LogP contribution in [0.1, 0.15) is 15.9 Å². The van der Waals surface area contributed by atoms with Crippen LogP contribution in [0.3, 0.4) is 0 Å². The summed E-state index contributed by atoms with van der Waals surface area (Å²) in [4.78, 5) is 39.7. The van der Waals surface area contributed by atoms with Gasteiger partial charge in [0.05, 0.1) is 5.52 Å². The number of rotatable bonds is 5. The Hall–Kier alpha value is -3.80. The van der Waals surface area contributed by atoms with Gasteiger partial charge in [-0.15, -0.1) is 0 Å². The van der Waals surface area contributed by atoms with Crippen molar-refractivity contribution >= 4 is 34.8 Å². The fourth-order valence-electron chi connectivity index (χ4n) is 2.43. The van der Waals surface area contributed by atoms with E-state index in [9.17, 15) is 14.4 Å². The minimum atomic E-state index is -0.697. The van der Waals surface area contributed by atoms with Crippen LogP contribution in [0.25, 0.3) is 17.0 Å². The summed E-state index contributed by atoms with van der Waals surface area (Å²) in [5.74, 6) is -1.93. The third kappa shape index (κ3) is 4.85. The van der Waals surface area contributed by atoms with E-state index in [4.69, 9.17) is 4.74 Å². The second-order valence-electron chi connectivity index (χ2n) is 5.61. The van der Waals surface area contributed by atoms with E-state index in [1.54, 1.807) is 42.6 Å². The predicted octanol–water partition coefficient (Wildman–Crippen LogP) is 2.75. The van der Waals surface area contributed by atoms with E-state index >= 15 is 0 Å². The lowest BCUT2D eigenvalue weighted by Crippen LogP contribution is -2.33. The Balaban J connectivity index is 1.54. The molecular formula is C21H16N2O4. The zero-order valence-electron chi connectivity index (χ0n) is 14.3. The van der Waals surface area contributed by atoms with E-state index in [0.717, 1.165) is 16.5 Å². The van der Waals surface area contributed by atoms with E-state index in [1.165, 1.54) is 6.08 Å². The summed E-state index contributed by atoms with van der Waals surface area (Å²) in [6, 6.07) is 17.7. The topological polar surface area (TPSA) is 85.4 Å². The Bertz CT molecular complexity index is 1010. The predicted molar refractivity (Wildman–Crippen MR) is 101 cm³/mol. The summed E-state index contributed by atoms with van der Waals surface area (Å²) in [6.07, 6.45) is 4.46. The molecule has 1 aromatic heterocycles. The lowest BCUT2D eigenvalue weighted by molar-refractivity contribution is -0.143. The first kappa shape index (κ1) is 18.0. The van der Waals surface area contributed by atoms with Crippen molar-refractivity contribution in [2.75, 3.05) is 6.61 Å². The average molecular weight is 360 g/mol. The molecule has 0 aliphatic heterocycles. The quantitative estimate of drug-likeness (QED) is 0.559. The number of ether oxygens (including phenoxy) is 1. The highest BCUT2D eigenvalue weighted by atomic mass is 16.5. The minimum absolute atomic E-state index is 0.348. The zero-order chi connectivity index (χ0) is 19.1. The molecule has 0 fully saturated rings. The van der Waals surface area contributed by atoms with Crippen molar-refractivity contribution in [3.8, 4) is 0 Å². The molecule has 0 aliphatic carbocycles. The molecule has 3 aromatic rings. The summed E-state index contributed by atoms with van der Waals surface area (Å²) >= 11 is 0. The van der Waals surface area contributed by atoms with Gasteiger partial charge in [-0.3, -0.25) is 19.9 Å². The number of nitrogens with zero attached hydrogens (tertiary/aromatic N) is 1. The second kappa shape index (κ2) is 8.53. The highest BCUT2D eigenvalue weighted by molar-refractivity contribution is 6.05. The summed E-state index contributed by atoms with van der Waals surface area (Å²) in [5, 5.41) is 3.11. The van der Waals surface area contributed by atoms with Crippen LogP contribution in [0.4, 0.5) is 0 Å². The fraction of sp³-hybridized carbons (Fsp3) is 0.0476. The molecule has 0 aliphatic rings. The van der Waals surface area contributed by atoms with Crippen LogP contribution >= 0.6 is 0 Å². The number of esters is 1. The number of hydrogen-bond donors (Lipinski definition) is 1. The third-order valence-corrected chi connectivity index (χ3v) is 3.70. The molecule has 0 atom stereocenters. The molecular weight excluding hydrogens is 344 g/mol. The van der Waals surface area contributed by atoms with Gasteiger partial charge in [0.1, 0.15) is 0 Å². The molecule has 0 unspecified atom stereocenters. The van der Waals surface area contributed by atoms with Crippen molar-refractivity contribution in [3.63, 3.8) is 0 Å². The molecule has 6 heteroatoms. The Morgan fingerprint density at radius 3 is 2.56 bits per heavy atom. The molecule has 0 spiro atoms. The molecule has 27 heavy (non-hydrogen) atoms. The number of para-hydroxylation sites is 1. The maximum absolute atomic E-state index is 11.8. The molecule has 0 saturated carbocycles. The lowest BCUT2D eigenvalue weighted by atomic mass is 10.1.